The summed E-state index contributed by atoms with van der Waals surface area (Å²) in [5.41, 5.74) is 6.13. The van der Waals surface area contributed by atoms with E-state index in [-0.39, 0.29) is 17.1 Å². The van der Waals surface area contributed by atoms with Crippen molar-refractivity contribution in [3.63, 3.8) is 0 Å². The maximum absolute atomic E-state index is 12.8. The summed E-state index contributed by atoms with van der Waals surface area (Å²) in [7, 11) is -2.63. The molecule has 0 aliphatic rings. The van der Waals surface area contributed by atoms with Crippen LogP contribution in [-0.4, -0.2) is 50.1 Å². The van der Waals surface area contributed by atoms with Crippen molar-refractivity contribution in [3.8, 4) is 0 Å². The maximum Gasteiger partial charge on any atom is 0.287 e. The predicted molar refractivity (Wildman–Crippen MR) is 127 cm³/mol. The molecule has 3 aromatic rings. The molecular weight excluding hydrogens is 472 g/mol. The molecule has 0 saturated carbocycles. The van der Waals surface area contributed by atoms with Crippen molar-refractivity contribution in [2.24, 2.45) is 0 Å². The average molecular weight is 499 g/mol. The smallest absolute Gasteiger partial charge is 0.287 e. The fourth-order valence-electron chi connectivity index (χ4n) is 3.13. The minimum atomic E-state index is -3.90. The van der Waals surface area contributed by atoms with Crippen LogP contribution in [0.2, 0.25) is 0 Å². The molecule has 0 radical (unpaired) electrons. The van der Waals surface area contributed by atoms with Gasteiger partial charge in [-0.25, -0.2) is 8.42 Å². The molecule has 0 aliphatic carbocycles. The van der Waals surface area contributed by atoms with E-state index in [2.05, 4.69) is 16.2 Å². The van der Waals surface area contributed by atoms with Gasteiger partial charge in [0, 0.05) is 13.5 Å². The molecule has 0 fully saturated rings. The Morgan fingerprint density at radius 2 is 1.63 bits per heavy atom. The number of sulfonamides is 1. The molecule has 11 heteroatoms. The number of benzene rings is 2. The highest BCUT2D eigenvalue weighted by Gasteiger charge is 2.25. The fraction of sp³-hybridized carbons (Fsp3) is 0.208. The minimum absolute atomic E-state index is 0.0304. The van der Waals surface area contributed by atoms with Crippen LogP contribution < -0.4 is 16.2 Å². The molecule has 0 spiro atoms. The second-order valence-electron chi connectivity index (χ2n) is 7.80. The van der Waals surface area contributed by atoms with Crippen LogP contribution >= 0.6 is 0 Å². The van der Waals surface area contributed by atoms with Crippen molar-refractivity contribution in [2.75, 3.05) is 13.6 Å². The predicted octanol–water partition coefficient (Wildman–Crippen LogP) is 1.40. The number of aryl methyl sites for hydroxylation is 1. The monoisotopic (exact) mass is 498 g/mol. The van der Waals surface area contributed by atoms with E-state index >= 15 is 0 Å². The van der Waals surface area contributed by atoms with E-state index in [0.717, 1.165) is 15.4 Å². The average Bonchev–Trinajstić information content (AvgIpc) is 3.38. The summed E-state index contributed by atoms with van der Waals surface area (Å²) in [6.45, 7) is 1.30. The van der Waals surface area contributed by atoms with Crippen LogP contribution in [0.4, 0.5) is 0 Å². The zero-order valence-electron chi connectivity index (χ0n) is 19.2. The van der Waals surface area contributed by atoms with Crippen LogP contribution in [0.1, 0.15) is 21.7 Å². The van der Waals surface area contributed by atoms with E-state index in [0.29, 0.717) is 0 Å². The third-order valence-electron chi connectivity index (χ3n) is 5.07. The Hall–Kier alpha value is -3.96. The maximum atomic E-state index is 12.8. The van der Waals surface area contributed by atoms with Gasteiger partial charge in [0.25, 0.3) is 17.7 Å². The molecule has 3 amide bonds. The molecule has 184 valence electrons. The minimum Gasteiger partial charge on any atom is -0.459 e. The molecule has 1 aromatic heterocycles. The normalized spacial score (nSPS) is 12.1. The first-order chi connectivity index (χ1) is 16.7. The fourth-order valence-corrected chi connectivity index (χ4v) is 4.26. The van der Waals surface area contributed by atoms with Gasteiger partial charge in [0.05, 0.1) is 17.7 Å². The van der Waals surface area contributed by atoms with Crippen molar-refractivity contribution in [1.82, 2.24) is 20.5 Å². The molecule has 0 saturated heterocycles. The molecule has 0 aliphatic heterocycles. The lowest BCUT2D eigenvalue weighted by Gasteiger charge is -2.20. The number of carbonyl (C=O) groups is 3. The number of nitrogens with zero attached hydrogens (tertiary/aromatic N) is 1. The second kappa shape index (κ2) is 11.4. The molecule has 1 atom stereocenters. The Bertz CT molecular complexity index is 1260. The summed E-state index contributed by atoms with van der Waals surface area (Å²) in [6.07, 6.45) is 1.49. The summed E-state index contributed by atoms with van der Waals surface area (Å²) in [6, 6.07) is 17.2. The molecule has 35 heavy (non-hydrogen) atoms. The van der Waals surface area contributed by atoms with Gasteiger partial charge in [-0.3, -0.25) is 25.2 Å². The molecule has 10 nitrogen and oxygen atoms in total. The van der Waals surface area contributed by atoms with Crippen molar-refractivity contribution < 1.29 is 27.2 Å². The van der Waals surface area contributed by atoms with E-state index in [1.54, 1.807) is 42.5 Å². The summed E-state index contributed by atoms with van der Waals surface area (Å²) in [4.78, 5) is 37.6. The van der Waals surface area contributed by atoms with Crippen molar-refractivity contribution in [3.05, 3.63) is 89.9 Å². The van der Waals surface area contributed by atoms with E-state index in [1.807, 2.05) is 13.0 Å². The quantitative estimate of drug-likeness (QED) is 0.381. The number of carbonyl (C=O) groups excluding carboxylic acids is 3. The van der Waals surface area contributed by atoms with Crippen LogP contribution in [0.5, 0.6) is 0 Å². The molecule has 0 bridgehead atoms. The van der Waals surface area contributed by atoms with E-state index < -0.39 is 40.3 Å². The summed E-state index contributed by atoms with van der Waals surface area (Å²) in [5, 5.41) is 2.58. The van der Waals surface area contributed by atoms with Crippen LogP contribution in [-0.2, 0) is 26.0 Å². The summed E-state index contributed by atoms with van der Waals surface area (Å²) in [5.74, 6) is -2.01. The Morgan fingerprint density at radius 1 is 0.943 bits per heavy atom. The topological polar surface area (TPSA) is 138 Å². The number of furan rings is 1. The number of hydrogen-bond acceptors (Lipinski definition) is 6. The van der Waals surface area contributed by atoms with Crippen LogP contribution in [0.25, 0.3) is 0 Å². The Balaban J connectivity index is 1.61. The number of nitrogens with one attached hydrogen (secondary N) is 3. The van der Waals surface area contributed by atoms with Crippen LogP contribution in [0.3, 0.4) is 0 Å². The number of hydrogen-bond donors (Lipinski definition) is 3. The van der Waals surface area contributed by atoms with E-state index in [4.69, 9.17) is 4.42 Å². The standard InChI is InChI=1S/C24H26N4O6S/c1-17-10-12-19(13-11-17)35(32,33)28(2)16-22(29)26-27-23(30)20(15-18-7-4-3-5-8-18)25-24(31)21-9-6-14-34-21/h3-14,20H,15-16H2,1-2H3,(H,25,31)(H,26,29)(H,27,30)/t20-/m1/s1. The van der Waals surface area contributed by atoms with Crippen molar-refractivity contribution >= 4 is 27.7 Å². The zero-order chi connectivity index (χ0) is 25.4. The van der Waals surface area contributed by atoms with Gasteiger partial charge in [-0.1, -0.05) is 48.0 Å². The number of rotatable bonds is 9. The van der Waals surface area contributed by atoms with Gasteiger partial charge in [0.15, 0.2) is 5.76 Å². The van der Waals surface area contributed by atoms with E-state index in [9.17, 15) is 22.8 Å². The van der Waals surface area contributed by atoms with Crippen molar-refractivity contribution in [1.29, 1.82) is 0 Å². The molecule has 1 heterocycles. The van der Waals surface area contributed by atoms with Crippen LogP contribution in [0, 0.1) is 6.92 Å². The largest absolute Gasteiger partial charge is 0.459 e. The van der Waals surface area contributed by atoms with E-state index in [1.165, 1.54) is 31.5 Å². The highest BCUT2D eigenvalue weighted by Crippen LogP contribution is 2.14. The highest BCUT2D eigenvalue weighted by atomic mass is 32.2. The molecular formula is C24H26N4O6S. The summed E-state index contributed by atoms with van der Waals surface area (Å²) >= 11 is 0. The number of amides is 3. The second-order valence-corrected chi connectivity index (χ2v) is 9.85. The lowest BCUT2D eigenvalue weighted by Crippen LogP contribution is -2.54. The lowest BCUT2D eigenvalue weighted by molar-refractivity contribution is -0.129. The van der Waals surface area contributed by atoms with Gasteiger partial charge in [-0.05, 0) is 36.8 Å². The lowest BCUT2D eigenvalue weighted by atomic mass is 10.1. The van der Waals surface area contributed by atoms with Crippen LogP contribution in [0.15, 0.2) is 82.3 Å². The Labute approximate surface area is 203 Å². The SMILES string of the molecule is Cc1ccc(S(=O)(=O)N(C)CC(=O)NNC(=O)[C@@H](Cc2ccccc2)NC(=O)c2ccco2)cc1. The first kappa shape index (κ1) is 25.7. The first-order valence-electron chi connectivity index (χ1n) is 10.7. The van der Waals surface area contributed by atoms with Gasteiger partial charge < -0.3 is 9.73 Å². The van der Waals surface area contributed by atoms with Crippen molar-refractivity contribution in [2.45, 2.75) is 24.3 Å². The first-order valence-corrected chi connectivity index (χ1v) is 12.1. The number of likely N-dealkylation sites (N-methyl/N-ethyl adjacent to an activating group) is 1. The Kier molecular flexibility index (Phi) is 8.39. The highest BCUT2D eigenvalue weighted by molar-refractivity contribution is 7.89. The molecule has 3 N–H and O–H groups in total. The zero-order valence-corrected chi connectivity index (χ0v) is 20.0. The number of hydrazine groups is 1. The molecule has 2 aromatic carbocycles. The molecule has 0 unspecified atom stereocenters. The Morgan fingerprint density at radius 3 is 2.26 bits per heavy atom. The van der Waals surface area contributed by atoms with Gasteiger partial charge in [0.1, 0.15) is 6.04 Å². The van der Waals surface area contributed by atoms with Gasteiger partial charge >= 0.3 is 0 Å². The third kappa shape index (κ3) is 7.01. The summed E-state index contributed by atoms with van der Waals surface area (Å²) < 4.78 is 31.3. The van der Waals surface area contributed by atoms with Gasteiger partial charge in [-0.2, -0.15) is 4.31 Å². The molecule has 3 rings (SSSR count). The van der Waals surface area contributed by atoms with Gasteiger partial charge in [-0.15, -0.1) is 0 Å². The van der Waals surface area contributed by atoms with Gasteiger partial charge in [0.2, 0.25) is 10.0 Å². The third-order valence-corrected chi connectivity index (χ3v) is 6.89.